The lowest BCUT2D eigenvalue weighted by Crippen LogP contribution is -2.44. The van der Waals surface area contributed by atoms with Crippen molar-refractivity contribution in [1.29, 1.82) is 0 Å². The first kappa shape index (κ1) is 16.4. The number of hydrogen-bond donors (Lipinski definition) is 1. The van der Waals surface area contributed by atoms with Crippen molar-refractivity contribution >= 4 is 17.4 Å². The first-order valence-corrected chi connectivity index (χ1v) is 8.19. The average Bonchev–Trinajstić information content (AvgIpc) is 2.59. The van der Waals surface area contributed by atoms with Gasteiger partial charge in [-0.05, 0) is 56.3 Å². The van der Waals surface area contributed by atoms with Gasteiger partial charge in [0.15, 0.2) is 11.5 Å². The van der Waals surface area contributed by atoms with Crippen LogP contribution in [0.1, 0.15) is 21.6 Å². The van der Waals surface area contributed by atoms with Crippen LogP contribution in [0.25, 0.3) is 0 Å². The summed E-state index contributed by atoms with van der Waals surface area (Å²) in [6.07, 6.45) is 0. The van der Waals surface area contributed by atoms with E-state index in [1.165, 1.54) is 5.56 Å². The van der Waals surface area contributed by atoms with Crippen LogP contribution in [0, 0.1) is 13.8 Å². The summed E-state index contributed by atoms with van der Waals surface area (Å²) in [4.78, 5) is 16.8. The van der Waals surface area contributed by atoms with Crippen LogP contribution in [0.3, 0.4) is 0 Å². The van der Waals surface area contributed by atoms with Gasteiger partial charge in [-0.25, -0.2) is 0 Å². The van der Waals surface area contributed by atoms with Gasteiger partial charge in [0.2, 0.25) is 0 Å². The van der Waals surface area contributed by atoms with Crippen molar-refractivity contribution in [2.24, 2.45) is 0 Å². The summed E-state index contributed by atoms with van der Waals surface area (Å²) < 4.78 is 0. The lowest BCUT2D eigenvalue weighted by Gasteiger charge is -2.32. The largest absolute Gasteiger partial charge is 0.353 e. The molecule has 3 rings (SSSR count). The van der Waals surface area contributed by atoms with E-state index >= 15 is 0 Å². The van der Waals surface area contributed by atoms with Gasteiger partial charge in [0, 0.05) is 31.9 Å². The topological polar surface area (TPSA) is 61.4 Å². The smallest absolute Gasteiger partial charge is 0.276 e. The van der Waals surface area contributed by atoms with Crippen molar-refractivity contribution in [2.75, 3.05) is 43.4 Å². The third-order valence-corrected chi connectivity index (χ3v) is 4.48. The third kappa shape index (κ3) is 3.71. The summed E-state index contributed by atoms with van der Waals surface area (Å²) in [6.45, 7) is 7.95. The Hall–Kier alpha value is -2.47. The van der Waals surface area contributed by atoms with Crippen molar-refractivity contribution in [2.45, 2.75) is 13.8 Å². The van der Waals surface area contributed by atoms with Gasteiger partial charge in [-0.1, -0.05) is 6.07 Å². The van der Waals surface area contributed by atoms with Gasteiger partial charge in [-0.15, -0.1) is 10.2 Å². The number of amides is 1. The summed E-state index contributed by atoms with van der Waals surface area (Å²) in [5.74, 6) is 0.585. The lowest BCUT2D eigenvalue weighted by molar-refractivity contribution is 0.102. The fourth-order valence-corrected chi connectivity index (χ4v) is 2.66. The van der Waals surface area contributed by atoms with Crippen molar-refractivity contribution in [3.8, 4) is 0 Å². The van der Waals surface area contributed by atoms with Crippen LogP contribution in [0.5, 0.6) is 0 Å². The number of benzene rings is 1. The lowest BCUT2D eigenvalue weighted by atomic mass is 10.1. The molecule has 0 bridgehead atoms. The fraction of sp³-hybridized carbons (Fsp3) is 0.389. The Kier molecular flexibility index (Phi) is 4.76. The molecule has 1 aromatic carbocycles. The molecule has 0 unspecified atom stereocenters. The molecule has 0 atom stereocenters. The first-order chi connectivity index (χ1) is 11.5. The predicted octanol–water partition coefficient (Wildman–Crippen LogP) is 2.10. The van der Waals surface area contributed by atoms with Crippen LogP contribution >= 0.6 is 0 Å². The van der Waals surface area contributed by atoms with Crippen LogP contribution in [0.15, 0.2) is 30.3 Å². The number of aryl methyl sites for hydroxylation is 2. The number of carbonyl (C=O) groups is 1. The molecule has 6 heteroatoms. The second-order valence-corrected chi connectivity index (χ2v) is 6.32. The Morgan fingerprint density at radius 2 is 1.75 bits per heavy atom. The Morgan fingerprint density at radius 1 is 1.00 bits per heavy atom. The highest BCUT2D eigenvalue weighted by Crippen LogP contribution is 2.16. The van der Waals surface area contributed by atoms with E-state index in [4.69, 9.17) is 0 Å². The first-order valence-electron chi connectivity index (χ1n) is 8.19. The van der Waals surface area contributed by atoms with Gasteiger partial charge in [0.05, 0.1) is 0 Å². The number of hydrogen-bond acceptors (Lipinski definition) is 5. The van der Waals surface area contributed by atoms with Crippen molar-refractivity contribution in [1.82, 2.24) is 15.1 Å². The molecule has 6 nitrogen and oxygen atoms in total. The highest BCUT2D eigenvalue weighted by atomic mass is 16.1. The molecule has 24 heavy (non-hydrogen) atoms. The van der Waals surface area contributed by atoms with Gasteiger partial charge in [0.25, 0.3) is 5.91 Å². The predicted molar refractivity (Wildman–Crippen MR) is 95.6 cm³/mol. The minimum absolute atomic E-state index is 0.240. The molecule has 2 aromatic rings. The Morgan fingerprint density at radius 3 is 2.38 bits per heavy atom. The maximum atomic E-state index is 12.3. The highest BCUT2D eigenvalue weighted by Gasteiger charge is 2.16. The normalized spacial score (nSPS) is 15.4. The summed E-state index contributed by atoms with van der Waals surface area (Å²) in [6, 6.07) is 9.45. The second kappa shape index (κ2) is 6.97. The van der Waals surface area contributed by atoms with Gasteiger partial charge < -0.3 is 15.1 Å². The molecule has 0 radical (unpaired) electrons. The van der Waals surface area contributed by atoms with Gasteiger partial charge >= 0.3 is 0 Å². The summed E-state index contributed by atoms with van der Waals surface area (Å²) in [7, 11) is 2.11. The molecule has 0 aliphatic carbocycles. The fourth-order valence-electron chi connectivity index (χ4n) is 2.66. The van der Waals surface area contributed by atoms with Crippen molar-refractivity contribution in [3.05, 3.63) is 47.2 Å². The van der Waals surface area contributed by atoms with E-state index in [9.17, 15) is 4.79 Å². The summed E-state index contributed by atoms with van der Waals surface area (Å²) in [5.41, 5.74) is 3.44. The van der Waals surface area contributed by atoms with Crippen molar-refractivity contribution < 1.29 is 4.79 Å². The van der Waals surface area contributed by atoms with Crippen molar-refractivity contribution in [3.63, 3.8) is 0 Å². The molecule has 0 spiro atoms. The number of piperazine rings is 1. The van der Waals surface area contributed by atoms with E-state index in [-0.39, 0.29) is 5.91 Å². The molecular formula is C18H23N5O. The minimum Gasteiger partial charge on any atom is -0.353 e. The SMILES string of the molecule is Cc1ccc(NC(=O)c2ccc(N3CCN(C)CC3)nn2)cc1C. The standard InChI is InChI=1S/C18H23N5O/c1-13-4-5-15(12-14(13)2)19-18(24)16-6-7-17(21-20-16)23-10-8-22(3)9-11-23/h4-7,12H,8-11H2,1-3H3,(H,19,24). The summed E-state index contributed by atoms with van der Waals surface area (Å²) in [5, 5.41) is 11.2. The van der Waals surface area contributed by atoms with Gasteiger partial charge in [-0.2, -0.15) is 0 Å². The molecular weight excluding hydrogens is 302 g/mol. The van der Waals surface area contributed by atoms with E-state index < -0.39 is 0 Å². The van der Waals surface area contributed by atoms with Gasteiger partial charge in [-0.3, -0.25) is 4.79 Å². The molecule has 0 saturated carbocycles. The number of carbonyl (C=O) groups excluding carboxylic acids is 1. The van der Waals surface area contributed by atoms with E-state index in [2.05, 4.69) is 32.4 Å². The van der Waals surface area contributed by atoms with E-state index in [0.29, 0.717) is 5.69 Å². The van der Waals surface area contributed by atoms with E-state index in [1.807, 2.05) is 38.1 Å². The Bertz CT molecular complexity index is 721. The number of nitrogens with one attached hydrogen (secondary N) is 1. The molecule has 1 aliphatic rings. The zero-order valence-corrected chi connectivity index (χ0v) is 14.4. The van der Waals surface area contributed by atoms with Crippen LogP contribution in [0.4, 0.5) is 11.5 Å². The molecule has 2 heterocycles. The number of rotatable bonds is 3. The van der Waals surface area contributed by atoms with Crippen LogP contribution < -0.4 is 10.2 Å². The molecule has 1 saturated heterocycles. The summed E-state index contributed by atoms with van der Waals surface area (Å²) >= 11 is 0. The van der Waals surface area contributed by atoms with Crippen LogP contribution in [0.2, 0.25) is 0 Å². The Balaban J connectivity index is 1.66. The van der Waals surface area contributed by atoms with Gasteiger partial charge in [0.1, 0.15) is 0 Å². The molecule has 1 aliphatic heterocycles. The monoisotopic (exact) mass is 325 g/mol. The maximum Gasteiger partial charge on any atom is 0.276 e. The second-order valence-electron chi connectivity index (χ2n) is 6.32. The average molecular weight is 325 g/mol. The van der Waals surface area contributed by atoms with Crippen LogP contribution in [-0.4, -0.2) is 54.2 Å². The third-order valence-electron chi connectivity index (χ3n) is 4.48. The zero-order valence-electron chi connectivity index (χ0n) is 14.4. The molecule has 1 N–H and O–H groups in total. The molecule has 1 aromatic heterocycles. The molecule has 1 fully saturated rings. The number of nitrogens with zero attached hydrogens (tertiary/aromatic N) is 4. The highest BCUT2D eigenvalue weighted by molar-refractivity contribution is 6.02. The number of anilines is 2. The molecule has 1 amide bonds. The number of likely N-dealkylation sites (N-methyl/N-ethyl adjacent to an activating group) is 1. The Labute approximate surface area is 142 Å². The molecule has 126 valence electrons. The van der Waals surface area contributed by atoms with E-state index in [1.54, 1.807) is 6.07 Å². The van der Waals surface area contributed by atoms with E-state index in [0.717, 1.165) is 43.2 Å². The van der Waals surface area contributed by atoms with Crippen LogP contribution in [-0.2, 0) is 0 Å². The quantitative estimate of drug-likeness (QED) is 0.936. The zero-order chi connectivity index (χ0) is 17.1. The maximum absolute atomic E-state index is 12.3. The minimum atomic E-state index is -0.240. The number of aromatic nitrogens is 2.